The molecular formula is C19H21FN6O2. The zero-order valence-corrected chi connectivity index (χ0v) is 15.3. The molecule has 1 fully saturated rings. The Morgan fingerprint density at radius 3 is 2.82 bits per heavy atom. The van der Waals surface area contributed by atoms with E-state index in [1.165, 1.54) is 0 Å². The number of anilines is 3. The zero-order chi connectivity index (χ0) is 20.1. The lowest BCUT2D eigenvalue weighted by molar-refractivity contribution is 0.187. The summed E-state index contributed by atoms with van der Waals surface area (Å²) in [6.45, 7) is 1.87. The third-order valence-electron chi connectivity index (χ3n) is 4.64. The number of hydrogen-bond acceptors (Lipinski definition) is 6. The average Bonchev–Trinajstić information content (AvgIpc) is 3.52. The van der Waals surface area contributed by atoms with E-state index in [9.17, 15) is 14.4 Å². The molecular weight excluding hydrogens is 363 g/mol. The minimum Gasteiger partial charge on any atom is -0.465 e. The molecule has 0 aromatic carbocycles. The molecule has 0 bridgehead atoms. The number of nitrogens with one attached hydrogen (secondary N) is 3. The molecule has 0 unspecified atom stereocenters. The Balaban J connectivity index is 1.88. The van der Waals surface area contributed by atoms with Gasteiger partial charge in [0.2, 0.25) is 0 Å². The van der Waals surface area contributed by atoms with Gasteiger partial charge < -0.3 is 21.1 Å². The molecule has 0 saturated heterocycles. The molecule has 28 heavy (non-hydrogen) atoms. The summed E-state index contributed by atoms with van der Waals surface area (Å²) in [7, 11) is 0. The fourth-order valence-electron chi connectivity index (χ4n) is 3.11. The van der Waals surface area contributed by atoms with Crippen LogP contribution in [0.1, 0.15) is 31.7 Å². The normalized spacial score (nSPS) is 15.2. The van der Waals surface area contributed by atoms with E-state index in [0.717, 1.165) is 18.9 Å². The monoisotopic (exact) mass is 384 g/mol. The van der Waals surface area contributed by atoms with Crippen LogP contribution in [-0.2, 0) is 0 Å². The number of rotatable bonds is 8. The molecule has 1 aliphatic carbocycles. The third kappa shape index (κ3) is 4.65. The number of halogens is 1. The Morgan fingerprint density at radius 2 is 2.25 bits per heavy atom. The summed E-state index contributed by atoms with van der Waals surface area (Å²) in [6, 6.07) is 5.85. The first-order valence-electron chi connectivity index (χ1n) is 9.05. The molecule has 3 rings (SSSR count). The van der Waals surface area contributed by atoms with Gasteiger partial charge >= 0.3 is 6.09 Å². The van der Waals surface area contributed by atoms with E-state index in [2.05, 4.69) is 25.9 Å². The van der Waals surface area contributed by atoms with Crippen LogP contribution in [0, 0.1) is 23.1 Å². The van der Waals surface area contributed by atoms with Crippen LogP contribution in [0.15, 0.2) is 30.6 Å². The van der Waals surface area contributed by atoms with Gasteiger partial charge in [-0.1, -0.05) is 6.92 Å². The Bertz CT molecular complexity index is 882. The van der Waals surface area contributed by atoms with Gasteiger partial charge in [0.1, 0.15) is 6.07 Å². The second-order valence-electron chi connectivity index (χ2n) is 6.67. The van der Waals surface area contributed by atoms with Gasteiger partial charge in [-0.3, -0.25) is 4.98 Å². The summed E-state index contributed by atoms with van der Waals surface area (Å²) in [5.41, 5.74) is 0.673. The summed E-state index contributed by atoms with van der Waals surface area (Å²) < 4.78 is 14.6. The van der Waals surface area contributed by atoms with E-state index in [4.69, 9.17) is 5.11 Å². The van der Waals surface area contributed by atoms with E-state index in [1.807, 2.05) is 13.0 Å². The summed E-state index contributed by atoms with van der Waals surface area (Å²) >= 11 is 0. The highest BCUT2D eigenvalue weighted by Gasteiger charge is 2.37. The van der Waals surface area contributed by atoms with Crippen LogP contribution in [0.5, 0.6) is 0 Å². The van der Waals surface area contributed by atoms with Gasteiger partial charge in [0.15, 0.2) is 17.5 Å². The quantitative estimate of drug-likeness (QED) is 0.549. The largest absolute Gasteiger partial charge is 0.465 e. The molecule has 1 saturated carbocycles. The van der Waals surface area contributed by atoms with Crippen molar-refractivity contribution in [2.75, 3.05) is 10.6 Å². The van der Waals surface area contributed by atoms with Crippen LogP contribution >= 0.6 is 0 Å². The van der Waals surface area contributed by atoms with E-state index >= 15 is 0 Å². The van der Waals surface area contributed by atoms with Crippen molar-refractivity contribution in [3.8, 4) is 6.07 Å². The summed E-state index contributed by atoms with van der Waals surface area (Å²) in [5.74, 6) is -0.242. The van der Waals surface area contributed by atoms with Gasteiger partial charge in [-0.05, 0) is 43.4 Å². The molecule has 1 amide bonds. The molecule has 0 aliphatic heterocycles. The molecule has 9 heteroatoms. The lowest BCUT2D eigenvalue weighted by atomic mass is 10.0. The fourth-order valence-corrected chi connectivity index (χ4v) is 3.11. The first-order chi connectivity index (χ1) is 13.5. The van der Waals surface area contributed by atoms with E-state index in [0.29, 0.717) is 12.1 Å². The molecule has 2 aromatic heterocycles. The number of pyridine rings is 2. The highest BCUT2D eigenvalue weighted by Crippen LogP contribution is 2.37. The lowest BCUT2D eigenvalue weighted by Crippen LogP contribution is -2.47. The third-order valence-corrected chi connectivity index (χ3v) is 4.64. The molecule has 0 spiro atoms. The maximum absolute atomic E-state index is 14.6. The van der Waals surface area contributed by atoms with E-state index in [1.54, 1.807) is 24.5 Å². The van der Waals surface area contributed by atoms with Gasteiger partial charge in [0.05, 0.1) is 29.5 Å². The minimum atomic E-state index is -1.12. The van der Waals surface area contributed by atoms with Gasteiger partial charge in [0.25, 0.3) is 0 Å². The highest BCUT2D eigenvalue weighted by atomic mass is 19.1. The van der Waals surface area contributed by atoms with Crippen LogP contribution in [0.3, 0.4) is 0 Å². The Morgan fingerprint density at radius 1 is 1.46 bits per heavy atom. The van der Waals surface area contributed by atoms with Crippen molar-refractivity contribution in [2.45, 2.75) is 38.3 Å². The molecule has 0 radical (unpaired) electrons. The van der Waals surface area contributed by atoms with Crippen molar-refractivity contribution >= 4 is 23.4 Å². The molecule has 1 aliphatic rings. The zero-order valence-electron chi connectivity index (χ0n) is 15.3. The summed E-state index contributed by atoms with van der Waals surface area (Å²) in [5, 5.41) is 26.9. The van der Waals surface area contributed by atoms with Crippen molar-refractivity contribution in [3.05, 3.63) is 42.0 Å². The molecule has 2 heterocycles. The summed E-state index contributed by atoms with van der Waals surface area (Å²) in [4.78, 5) is 19.3. The Kier molecular flexibility index (Phi) is 5.89. The van der Waals surface area contributed by atoms with Gasteiger partial charge in [-0.2, -0.15) is 5.26 Å². The number of carboxylic acid groups (broad SMARTS) is 1. The topological polar surface area (TPSA) is 123 Å². The number of nitrogens with zero attached hydrogens (tertiary/aromatic N) is 3. The SMILES string of the molecule is CC[C@H](NC(=O)O)[C@H](Nc1nc(Nc2cccnc2)c(C#N)cc1F)C1CC1. The number of amides is 1. The predicted octanol–water partition coefficient (Wildman–Crippen LogP) is 3.47. The van der Waals surface area contributed by atoms with Crippen molar-refractivity contribution < 1.29 is 14.3 Å². The predicted molar refractivity (Wildman–Crippen MR) is 102 cm³/mol. The van der Waals surface area contributed by atoms with Crippen molar-refractivity contribution in [2.24, 2.45) is 5.92 Å². The highest BCUT2D eigenvalue weighted by molar-refractivity contribution is 5.66. The molecule has 8 nitrogen and oxygen atoms in total. The van der Waals surface area contributed by atoms with Crippen LogP contribution in [0.2, 0.25) is 0 Å². The van der Waals surface area contributed by atoms with Crippen LogP contribution in [0.4, 0.5) is 26.5 Å². The van der Waals surface area contributed by atoms with Crippen LogP contribution in [-0.4, -0.2) is 33.3 Å². The van der Waals surface area contributed by atoms with Crippen LogP contribution < -0.4 is 16.0 Å². The standard InChI is InChI=1S/C19H21FN6O2/c1-2-15(24-19(27)28)16(11-5-6-11)25-18-14(20)8-12(9-21)17(26-18)23-13-4-3-7-22-10-13/h3-4,7-8,10-11,15-16,24H,2,5-6H2,1H3,(H,27,28)(H2,23,25,26)/t15-,16+/m0/s1. The lowest BCUT2D eigenvalue weighted by Gasteiger charge is -2.28. The summed E-state index contributed by atoms with van der Waals surface area (Å²) in [6.07, 6.45) is 4.49. The van der Waals surface area contributed by atoms with Gasteiger partial charge in [-0.15, -0.1) is 0 Å². The molecule has 2 atom stereocenters. The van der Waals surface area contributed by atoms with Gasteiger partial charge in [0, 0.05) is 6.20 Å². The Labute approximate surface area is 161 Å². The fraction of sp³-hybridized carbons (Fsp3) is 0.368. The first kappa shape index (κ1) is 19.4. The first-order valence-corrected chi connectivity index (χ1v) is 9.05. The van der Waals surface area contributed by atoms with Crippen molar-refractivity contribution in [1.29, 1.82) is 5.26 Å². The number of hydrogen-bond donors (Lipinski definition) is 4. The van der Waals surface area contributed by atoms with Gasteiger partial charge in [-0.25, -0.2) is 14.2 Å². The minimum absolute atomic E-state index is 0.0204. The number of aromatic nitrogens is 2. The maximum atomic E-state index is 14.6. The smallest absolute Gasteiger partial charge is 0.404 e. The van der Waals surface area contributed by atoms with E-state index < -0.39 is 11.9 Å². The maximum Gasteiger partial charge on any atom is 0.404 e. The Hall–Kier alpha value is -3.41. The molecule has 4 N–H and O–H groups in total. The number of nitriles is 1. The number of carbonyl (C=O) groups is 1. The van der Waals surface area contributed by atoms with Crippen molar-refractivity contribution in [3.63, 3.8) is 0 Å². The van der Waals surface area contributed by atoms with Crippen LogP contribution in [0.25, 0.3) is 0 Å². The van der Waals surface area contributed by atoms with Crippen molar-refractivity contribution in [1.82, 2.24) is 15.3 Å². The molecule has 2 aromatic rings. The second kappa shape index (κ2) is 8.52. The van der Waals surface area contributed by atoms with E-state index in [-0.39, 0.29) is 35.2 Å². The molecule has 146 valence electrons. The average molecular weight is 384 g/mol. The second-order valence-corrected chi connectivity index (χ2v) is 6.67.